The van der Waals surface area contributed by atoms with E-state index < -0.39 is 5.91 Å². The summed E-state index contributed by atoms with van der Waals surface area (Å²) < 4.78 is 0. The second-order valence-corrected chi connectivity index (χ2v) is 5.92. The van der Waals surface area contributed by atoms with Crippen LogP contribution in [0.3, 0.4) is 0 Å². The highest BCUT2D eigenvalue weighted by atomic mass is 32.1. The number of piperidine rings is 1. The summed E-state index contributed by atoms with van der Waals surface area (Å²) in [6.45, 7) is 2.02. The molecule has 1 aliphatic heterocycles. The molecule has 0 saturated carbocycles. The number of carbonyl (C=O) groups is 2. The summed E-state index contributed by atoms with van der Waals surface area (Å²) in [7, 11) is 0. The minimum atomic E-state index is -0.542. The fraction of sp³-hybridized carbons (Fsp3) is 0.538. The van der Waals surface area contributed by atoms with Crippen LogP contribution in [0, 0.1) is 5.92 Å². The van der Waals surface area contributed by atoms with Crippen molar-refractivity contribution in [3.8, 4) is 0 Å². The number of hydrogen-bond acceptors (Lipinski definition) is 5. The Labute approximate surface area is 121 Å². The van der Waals surface area contributed by atoms with Crippen molar-refractivity contribution < 1.29 is 14.7 Å². The standard InChI is InChI=1S/C13H19N3O3S/c14-12(19)10-3-5-20-13(10)15-11(18)7-16-4-1-2-9(6-16)8-17/h3,5,9,17H,1-2,4,6-8H2,(H2,14,19)(H,15,18). The molecule has 20 heavy (non-hydrogen) atoms. The van der Waals surface area contributed by atoms with Crippen LogP contribution in [0.2, 0.25) is 0 Å². The van der Waals surface area contributed by atoms with Crippen LogP contribution in [0.15, 0.2) is 11.4 Å². The van der Waals surface area contributed by atoms with Gasteiger partial charge in [-0.25, -0.2) is 0 Å². The first-order chi connectivity index (χ1) is 9.60. The maximum Gasteiger partial charge on any atom is 0.251 e. The largest absolute Gasteiger partial charge is 0.396 e. The molecule has 0 bridgehead atoms. The second-order valence-electron chi connectivity index (χ2n) is 5.00. The Morgan fingerprint density at radius 1 is 1.55 bits per heavy atom. The van der Waals surface area contributed by atoms with Crippen molar-refractivity contribution in [2.24, 2.45) is 11.7 Å². The van der Waals surface area contributed by atoms with Crippen molar-refractivity contribution in [3.05, 3.63) is 17.0 Å². The van der Waals surface area contributed by atoms with E-state index in [9.17, 15) is 14.7 Å². The number of nitrogens with two attached hydrogens (primary N) is 1. The fourth-order valence-electron chi connectivity index (χ4n) is 2.41. The molecule has 1 unspecified atom stereocenters. The van der Waals surface area contributed by atoms with Crippen LogP contribution in [0.4, 0.5) is 5.00 Å². The summed E-state index contributed by atoms with van der Waals surface area (Å²) >= 11 is 1.28. The molecule has 2 amide bonds. The summed E-state index contributed by atoms with van der Waals surface area (Å²) in [5, 5.41) is 14.1. The minimum absolute atomic E-state index is 0.159. The third kappa shape index (κ3) is 3.78. The number of anilines is 1. The lowest BCUT2D eigenvalue weighted by atomic mass is 9.99. The highest BCUT2D eigenvalue weighted by Gasteiger charge is 2.21. The van der Waals surface area contributed by atoms with Crippen molar-refractivity contribution in [2.75, 3.05) is 31.6 Å². The van der Waals surface area contributed by atoms with Crippen LogP contribution < -0.4 is 11.1 Å². The topological polar surface area (TPSA) is 95.7 Å². The van der Waals surface area contributed by atoms with Crippen LogP contribution in [0.1, 0.15) is 23.2 Å². The Morgan fingerprint density at radius 3 is 3.05 bits per heavy atom. The highest BCUT2D eigenvalue weighted by Crippen LogP contribution is 2.23. The van der Waals surface area contributed by atoms with Crippen molar-refractivity contribution in [1.29, 1.82) is 0 Å². The number of nitrogens with zero attached hydrogens (tertiary/aromatic N) is 1. The van der Waals surface area contributed by atoms with Gasteiger partial charge < -0.3 is 16.2 Å². The Kier molecular flexibility index (Phi) is 5.11. The maximum absolute atomic E-state index is 12.0. The Balaban J connectivity index is 1.89. The first-order valence-corrected chi connectivity index (χ1v) is 7.48. The number of aliphatic hydroxyl groups is 1. The van der Waals surface area contributed by atoms with Crippen molar-refractivity contribution >= 4 is 28.2 Å². The summed E-state index contributed by atoms with van der Waals surface area (Å²) in [6, 6.07) is 1.60. The predicted molar refractivity (Wildman–Crippen MR) is 77.7 cm³/mol. The van der Waals surface area contributed by atoms with Crippen LogP contribution in [0.25, 0.3) is 0 Å². The van der Waals surface area contributed by atoms with E-state index in [4.69, 9.17) is 5.73 Å². The van der Waals surface area contributed by atoms with E-state index in [0.29, 0.717) is 10.6 Å². The number of amides is 2. The van der Waals surface area contributed by atoms with Gasteiger partial charge in [0.25, 0.3) is 5.91 Å². The van der Waals surface area contributed by atoms with Gasteiger partial charge in [0.2, 0.25) is 5.91 Å². The molecule has 1 aliphatic rings. The number of hydrogen-bond donors (Lipinski definition) is 3. The summed E-state index contributed by atoms with van der Waals surface area (Å²) in [5.74, 6) is -0.451. The number of primary amides is 1. The molecule has 1 atom stereocenters. The van der Waals surface area contributed by atoms with Crippen LogP contribution in [-0.2, 0) is 4.79 Å². The van der Waals surface area contributed by atoms with Crippen LogP contribution >= 0.6 is 11.3 Å². The number of likely N-dealkylation sites (tertiary alicyclic amines) is 1. The average Bonchev–Trinajstić information content (AvgIpc) is 2.87. The molecule has 4 N–H and O–H groups in total. The zero-order valence-electron chi connectivity index (χ0n) is 11.2. The third-order valence-corrected chi connectivity index (χ3v) is 4.24. The lowest BCUT2D eigenvalue weighted by molar-refractivity contribution is -0.117. The van der Waals surface area contributed by atoms with Crippen LogP contribution in [-0.4, -0.2) is 48.1 Å². The molecule has 110 valence electrons. The quantitative estimate of drug-likeness (QED) is 0.737. The molecule has 6 nitrogen and oxygen atoms in total. The van der Waals surface area contributed by atoms with Gasteiger partial charge in [-0.1, -0.05) is 0 Å². The SMILES string of the molecule is NC(=O)c1ccsc1NC(=O)CN1CCCC(CO)C1. The van der Waals surface area contributed by atoms with Gasteiger partial charge in [0, 0.05) is 13.2 Å². The second kappa shape index (κ2) is 6.83. The molecule has 2 heterocycles. The first kappa shape index (κ1) is 15.0. The highest BCUT2D eigenvalue weighted by molar-refractivity contribution is 7.14. The molecule has 0 aromatic carbocycles. The van der Waals surface area contributed by atoms with E-state index in [-0.39, 0.29) is 25.0 Å². The van der Waals surface area contributed by atoms with E-state index in [0.717, 1.165) is 25.9 Å². The molecule has 2 rings (SSSR count). The van der Waals surface area contributed by atoms with Crippen molar-refractivity contribution in [3.63, 3.8) is 0 Å². The molecule has 0 radical (unpaired) electrons. The van der Waals surface area contributed by atoms with Gasteiger partial charge in [-0.3, -0.25) is 14.5 Å². The normalized spacial score (nSPS) is 19.8. The molecule has 7 heteroatoms. The molecule has 1 fully saturated rings. The smallest absolute Gasteiger partial charge is 0.251 e. The zero-order chi connectivity index (χ0) is 14.5. The number of nitrogens with one attached hydrogen (secondary N) is 1. The maximum atomic E-state index is 12.0. The molecule has 0 spiro atoms. The lowest BCUT2D eigenvalue weighted by Crippen LogP contribution is -2.41. The Morgan fingerprint density at radius 2 is 2.35 bits per heavy atom. The third-order valence-electron chi connectivity index (χ3n) is 3.41. The summed E-state index contributed by atoms with van der Waals surface area (Å²) in [5.41, 5.74) is 5.58. The molecule has 1 aromatic heterocycles. The number of rotatable bonds is 5. The molecule has 0 aliphatic carbocycles. The summed E-state index contributed by atoms with van der Waals surface area (Å²) in [6.07, 6.45) is 2.00. The lowest BCUT2D eigenvalue weighted by Gasteiger charge is -2.31. The number of aliphatic hydroxyl groups excluding tert-OH is 1. The summed E-state index contributed by atoms with van der Waals surface area (Å²) in [4.78, 5) is 25.2. The van der Waals surface area contributed by atoms with Gasteiger partial charge >= 0.3 is 0 Å². The molecular formula is C13H19N3O3S. The van der Waals surface area contributed by atoms with Gasteiger partial charge in [0.05, 0.1) is 12.1 Å². The monoisotopic (exact) mass is 297 g/mol. The van der Waals surface area contributed by atoms with E-state index >= 15 is 0 Å². The van der Waals surface area contributed by atoms with E-state index in [2.05, 4.69) is 5.32 Å². The van der Waals surface area contributed by atoms with Gasteiger partial charge in [-0.15, -0.1) is 11.3 Å². The molecule has 1 aromatic rings. The van der Waals surface area contributed by atoms with Gasteiger partial charge in [0.1, 0.15) is 5.00 Å². The van der Waals surface area contributed by atoms with Crippen LogP contribution in [0.5, 0.6) is 0 Å². The van der Waals surface area contributed by atoms with Gasteiger partial charge in [0.15, 0.2) is 0 Å². The number of thiophene rings is 1. The first-order valence-electron chi connectivity index (χ1n) is 6.60. The zero-order valence-corrected chi connectivity index (χ0v) is 12.0. The van der Waals surface area contributed by atoms with Crippen molar-refractivity contribution in [1.82, 2.24) is 4.90 Å². The van der Waals surface area contributed by atoms with E-state index in [1.165, 1.54) is 11.3 Å². The average molecular weight is 297 g/mol. The van der Waals surface area contributed by atoms with Gasteiger partial charge in [-0.2, -0.15) is 0 Å². The minimum Gasteiger partial charge on any atom is -0.396 e. The predicted octanol–water partition coefficient (Wildman–Crippen LogP) is 0.490. The fourth-order valence-corrected chi connectivity index (χ4v) is 3.22. The van der Waals surface area contributed by atoms with E-state index in [1.54, 1.807) is 11.4 Å². The Hall–Kier alpha value is -1.44. The Bertz CT molecular complexity index is 489. The molecule has 1 saturated heterocycles. The molecular weight excluding hydrogens is 278 g/mol. The van der Waals surface area contributed by atoms with Gasteiger partial charge in [-0.05, 0) is 36.8 Å². The van der Waals surface area contributed by atoms with Crippen molar-refractivity contribution in [2.45, 2.75) is 12.8 Å². The number of carbonyl (C=O) groups excluding carboxylic acids is 2. The van der Waals surface area contributed by atoms with E-state index in [1.807, 2.05) is 4.90 Å².